The molecule has 1 fully saturated rings. The van der Waals surface area contributed by atoms with E-state index in [1.54, 1.807) is 18.3 Å². The molecule has 0 spiro atoms. The largest absolute Gasteiger partial charge is 0.371 e. The van der Waals surface area contributed by atoms with Gasteiger partial charge in [0.25, 0.3) is 5.91 Å². The molecule has 1 unspecified atom stereocenters. The predicted octanol–water partition coefficient (Wildman–Crippen LogP) is 2.92. The highest BCUT2D eigenvalue weighted by Gasteiger charge is 2.16. The number of aromatic nitrogens is 2. The zero-order valence-corrected chi connectivity index (χ0v) is 14.6. The van der Waals surface area contributed by atoms with E-state index in [-0.39, 0.29) is 17.8 Å². The van der Waals surface area contributed by atoms with Gasteiger partial charge in [0.1, 0.15) is 5.82 Å². The van der Waals surface area contributed by atoms with Gasteiger partial charge in [-0.3, -0.25) is 4.79 Å². The lowest BCUT2D eigenvalue weighted by Crippen LogP contribution is -2.33. The second-order valence-electron chi connectivity index (χ2n) is 6.29. The third-order valence-electron chi connectivity index (χ3n) is 4.40. The van der Waals surface area contributed by atoms with E-state index >= 15 is 0 Å². The highest BCUT2D eigenvalue weighted by atomic mass is 19.1. The average Bonchev–Trinajstić information content (AvgIpc) is 3.20. The van der Waals surface area contributed by atoms with Crippen molar-refractivity contribution in [2.24, 2.45) is 0 Å². The highest BCUT2D eigenvalue weighted by molar-refractivity contribution is 6.04. The molecule has 7 heteroatoms. The Morgan fingerprint density at radius 2 is 1.96 bits per heavy atom. The summed E-state index contributed by atoms with van der Waals surface area (Å²) in [4.78, 5) is 12.4. The van der Waals surface area contributed by atoms with Crippen molar-refractivity contribution in [2.45, 2.75) is 6.10 Å². The summed E-state index contributed by atoms with van der Waals surface area (Å²) in [5.74, 6) is -0.576. The quantitative estimate of drug-likeness (QED) is 0.745. The Morgan fingerprint density at radius 3 is 2.67 bits per heavy atom. The van der Waals surface area contributed by atoms with Gasteiger partial charge < -0.3 is 15.4 Å². The molecule has 138 valence electrons. The van der Waals surface area contributed by atoms with Gasteiger partial charge in [-0.05, 0) is 42.0 Å². The van der Waals surface area contributed by atoms with Crippen LogP contribution in [0.1, 0.15) is 22.0 Å². The maximum Gasteiger partial charge on any atom is 0.258 e. The van der Waals surface area contributed by atoms with E-state index < -0.39 is 0 Å². The van der Waals surface area contributed by atoms with Crippen LogP contribution in [0.25, 0.3) is 5.69 Å². The second-order valence-corrected chi connectivity index (χ2v) is 6.29. The van der Waals surface area contributed by atoms with Crippen LogP contribution < -0.4 is 10.6 Å². The van der Waals surface area contributed by atoms with Crippen molar-refractivity contribution in [1.82, 2.24) is 15.1 Å². The van der Waals surface area contributed by atoms with Crippen LogP contribution in [0, 0.1) is 5.82 Å². The Morgan fingerprint density at radius 1 is 1.19 bits per heavy atom. The molecule has 1 atom stereocenters. The lowest BCUT2D eigenvalue weighted by atomic mass is 10.1. The number of anilines is 1. The van der Waals surface area contributed by atoms with Gasteiger partial charge in [-0.1, -0.05) is 12.1 Å². The van der Waals surface area contributed by atoms with Crippen molar-refractivity contribution in [3.05, 3.63) is 77.9 Å². The van der Waals surface area contributed by atoms with Crippen LogP contribution in [0.3, 0.4) is 0 Å². The number of carbonyl (C=O) groups is 1. The number of nitrogens with one attached hydrogen (secondary N) is 2. The summed E-state index contributed by atoms with van der Waals surface area (Å²) in [5, 5.41) is 10.3. The van der Waals surface area contributed by atoms with Crippen molar-refractivity contribution in [1.29, 1.82) is 0 Å². The molecule has 0 aliphatic carbocycles. The molecule has 2 aromatic carbocycles. The van der Waals surface area contributed by atoms with Crippen molar-refractivity contribution in [3.63, 3.8) is 0 Å². The molecule has 27 heavy (non-hydrogen) atoms. The minimum Gasteiger partial charge on any atom is -0.371 e. The molecule has 3 aromatic rings. The van der Waals surface area contributed by atoms with Crippen LogP contribution in [0.2, 0.25) is 0 Å². The Kier molecular flexibility index (Phi) is 4.95. The second kappa shape index (κ2) is 7.69. The number of ether oxygens (including phenoxy) is 1. The number of hydrogen-bond acceptors (Lipinski definition) is 4. The molecule has 0 radical (unpaired) electrons. The van der Waals surface area contributed by atoms with Crippen LogP contribution in [0.4, 0.5) is 10.1 Å². The number of amides is 1. The first kappa shape index (κ1) is 17.4. The van der Waals surface area contributed by atoms with Gasteiger partial charge in [0.2, 0.25) is 0 Å². The van der Waals surface area contributed by atoms with Gasteiger partial charge in [-0.15, -0.1) is 0 Å². The number of carbonyl (C=O) groups excluding carboxylic acids is 1. The van der Waals surface area contributed by atoms with Crippen LogP contribution in [-0.4, -0.2) is 35.4 Å². The molecule has 1 aromatic heterocycles. The number of nitrogens with zero attached hydrogens (tertiary/aromatic N) is 2. The van der Waals surface area contributed by atoms with Gasteiger partial charge in [0.15, 0.2) is 0 Å². The van der Waals surface area contributed by atoms with Crippen LogP contribution >= 0.6 is 0 Å². The van der Waals surface area contributed by atoms with E-state index in [2.05, 4.69) is 15.7 Å². The Bertz CT molecular complexity index is 916. The molecule has 6 nitrogen and oxygen atoms in total. The third-order valence-corrected chi connectivity index (χ3v) is 4.40. The first-order valence-electron chi connectivity index (χ1n) is 8.73. The number of benzene rings is 2. The van der Waals surface area contributed by atoms with E-state index in [0.29, 0.717) is 23.5 Å². The van der Waals surface area contributed by atoms with Gasteiger partial charge in [-0.25, -0.2) is 9.07 Å². The van der Waals surface area contributed by atoms with E-state index in [1.807, 2.05) is 24.3 Å². The van der Waals surface area contributed by atoms with Gasteiger partial charge in [-0.2, -0.15) is 5.10 Å². The van der Waals surface area contributed by atoms with E-state index in [0.717, 1.165) is 18.7 Å². The lowest BCUT2D eigenvalue weighted by molar-refractivity contribution is 0.0277. The van der Waals surface area contributed by atoms with E-state index in [9.17, 15) is 9.18 Å². The summed E-state index contributed by atoms with van der Waals surface area (Å²) in [6.45, 7) is 2.35. The Labute approximate surface area is 156 Å². The fourth-order valence-corrected chi connectivity index (χ4v) is 2.94. The molecule has 1 amide bonds. The van der Waals surface area contributed by atoms with Crippen molar-refractivity contribution in [3.8, 4) is 5.69 Å². The minimum absolute atomic E-state index is 0.0393. The van der Waals surface area contributed by atoms with Crippen molar-refractivity contribution in [2.75, 3.05) is 25.0 Å². The van der Waals surface area contributed by atoms with Crippen LogP contribution in [0.5, 0.6) is 0 Å². The first-order valence-corrected chi connectivity index (χ1v) is 8.73. The summed E-state index contributed by atoms with van der Waals surface area (Å²) in [5.41, 5.74) is 2.87. The molecule has 1 saturated heterocycles. The monoisotopic (exact) mass is 366 g/mol. The molecule has 0 bridgehead atoms. The molecule has 2 N–H and O–H groups in total. The maximum atomic E-state index is 13.0. The first-order chi connectivity index (χ1) is 13.2. The Hall–Kier alpha value is -3.03. The standard InChI is InChI=1S/C20H19FN4O2/c21-16-3-7-18(8-4-16)25-13-15(11-23-25)20(26)24-17-5-1-14(2-6-17)19-12-22-9-10-27-19/h1-8,11,13,19,22H,9-10,12H2,(H,24,26). The van der Waals surface area contributed by atoms with Gasteiger partial charge in [0, 0.05) is 25.0 Å². The van der Waals surface area contributed by atoms with Crippen molar-refractivity contribution >= 4 is 11.6 Å². The summed E-state index contributed by atoms with van der Waals surface area (Å²) in [7, 11) is 0. The summed E-state index contributed by atoms with van der Waals surface area (Å²) < 4.78 is 20.3. The topological polar surface area (TPSA) is 68.2 Å². The smallest absolute Gasteiger partial charge is 0.258 e. The average molecular weight is 366 g/mol. The van der Waals surface area contributed by atoms with E-state index in [4.69, 9.17) is 4.74 Å². The lowest BCUT2D eigenvalue weighted by Gasteiger charge is -2.24. The number of rotatable bonds is 4. The zero-order chi connectivity index (χ0) is 18.6. The normalized spacial score (nSPS) is 16.9. The van der Waals surface area contributed by atoms with Crippen molar-refractivity contribution < 1.29 is 13.9 Å². The number of halogens is 1. The third kappa shape index (κ3) is 4.05. The predicted molar refractivity (Wildman–Crippen MR) is 99.5 cm³/mol. The number of morpholine rings is 1. The Balaban J connectivity index is 1.42. The minimum atomic E-state index is -0.318. The van der Waals surface area contributed by atoms with E-state index in [1.165, 1.54) is 23.0 Å². The van der Waals surface area contributed by atoms with Gasteiger partial charge >= 0.3 is 0 Å². The molecule has 0 saturated carbocycles. The molecule has 1 aliphatic rings. The fraction of sp³-hybridized carbons (Fsp3) is 0.200. The summed E-state index contributed by atoms with van der Waals surface area (Å²) in [6, 6.07) is 13.5. The molecular weight excluding hydrogens is 347 g/mol. The summed E-state index contributed by atoms with van der Waals surface area (Å²) >= 11 is 0. The van der Waals surface area contributed by atoms with Crippen LogP contribution in [0.15, 0.2) is 60.9 Å². The summed E-state index contributed by atoms with van der Waals surface area (Å²) in [6.07, 6.45) is 3.13. The molecule has 1 aliphatic heterocycles. The number of hydrogen-bond donors (Lipinski definition) is 2. The van der Waals surface area contributed by atoms with Crippen LogP contribution in [-0.2, 0) is 4.74 Å². The zero-order valence-electron chi connectivity index (χ0n) is 14.6. The SMILES string of the molecule is O=C(Nc1ccc(C2CNCCO2)cc1)c1cnn(-c2ccc(F)cc2)c1. The molecular formula is C20H19FN4O2. The van der Waals surface area contributed by atoms with Gasteiger partial charge in [0.05, 0.1) is 30.2 Å². The molecule has 4 rings (SSSR count). The highest BCUT2D eigenvalue weighted by Crippen LogP contribution is 2.21. The fourth-order valence-electron chi connectivity index (χ4n) is 2.94. The molecule has 2 heterocycles. The maximum absolute atomic E-state index is 13.0.